The van der Waals surface area contributed by atoms with E-state index in [4.69, 9.17) is 4.42 Å². The Kier molecular flexibility index (Phi) is 4.44. The molecule has 0 bridgehead atoms. The van der Waals surface area contributed by atoms with E-state index in [-0.39, 0.29) is 0 Å². The zero-order valence-electron chi connectivity index (χ0n) is 13.7. The fourth-order valence-electron chi connectivity index (χ4n) is 3.89. The molecule has 2 saturated heterocycles. The number of benzene rings is 1. The van der Waals surface area contributed by atoms with E-state index >= 15 is 0 Å². The van der Waals surface area contributed by atoms with Gasteiger partial charge in [-0.05, 0) is 45.3 Å². The summed E-state index contributed by atoms with van der Waals surface area (Å²) in [4.78, 5) is 9.67. The predicted octanol–water partition coefficient (Wildman–Crippen LogP) is 3.40. The number of hydrogen-bond donors (Lipinski definition) is 0. The molecule has 1 aromatic heterocycles. The van der Waals surface area contributed by atoms with Crippen LogP contribution < -0.4 is 0 Å². The first kappa shape index (κ1) is 14.9. The van der Waals surface area contributed by atoms with Gasteiger partial charge in [0.2, 0.25) is 5.89 Å². The highest BCUT2D eigenvalue weighted by atomic mass is 16.4. The molecule has 1 aromatic carbocycles. The molecule has 4 heteroatoms. The molecule has 2 aliphatic rings. The van der Waals surface area contributed by atoms with Crippen molar-refractivity contribution in [3.63, 3.8) is 0 Å². The van der Waals surface area contributed by atoms with Crippen molar-refractivity contribution in [2.45, 2.75) is 38.3 Å². The van der Waals surface area contributed by atoms with E-state index in [1.807, 2.05) is 24.4 Å². The molecule has 1 atom stereocenters. The van der Waals surface area contributed by atoms with Crippen molar-refractivity contribution in [1.82, 2.24) is 14.8 Å². The van der Waals surface area contributed by atoms with Crippen molar-refractivity contribution in [3.05, 3.63) is 42.4 Å². The van der Waals surface area contributed by atoms with Gasteiger partial charge >= 0.3 is 0 Å². The quantitative estimate of drug-likeness (QED) is 0.866. The maximum absolute atomic E-state index is 5.97. The van der Waals surface area contributed by atoms with Crippen molar-refractivity contribution >= 4 is 0 Å². The smallest absolute Gasteiger partial charge is 0.209 e. The summed E-state index contributed by atoms with van der Waals surface area (Å²) in [6, 6.07) is 10.9. The Morgan fingerprint density at radius 3 is 2.70 bits per heavy atom. The van der Waals surface area contributed by atoms with E-state index in [1.165, 1.54) is 38.8 Å². The molecule has 0 unspecified atom stereocenters. The van der Waals surface area contributed by atoms with Crippen LogP contribution in [0.15, 0.2) is 40.9 Å². The average molecular weight is 311 g/mol. The molecule has 0 N–H and O–H groups in total. The molecule has 0 saturated carbocycles. The number of aromatic nitrogens is 1. The second-order valence-electron chi connectivity index (χ2n) is 6.76. The van der Waals surface area contributed by atoms with Crippen molar-refractivity contribution in [2.75, 3.05) is 26.2 Å². The molecule has 2 aliphatic heterocycles. The van der Waals surface area contributed by atoms with E-state index < -0.39 is 0 Å². The van der Waals surface area contributed by atoms with Gasteiger partial charge in [0.05, 0.1) is 12.7 Å². The van der Waals surface area contributed by atoms with E-state index in [1.54, 1.807) is 0 Å². The molecule has 0 amide bonds. The fourth-order valence-corrected chi connectivity index (χ4v) is 3.89. The molecule has 0 spiro atoms. The van der Waals surface area contributed by atoms with Crippen LogP contribution in [0, 0.1) is 0 Å². The van der Waals surface area contributed by atoms with Crippen molar-refractivity contribution < 1.29 is 4.42 Å². The summed E-state index contributed by atoms with van der Waals surface area (Å²) in [7, 11) is 0. The minimum atomic E-state index is 0.731. The summed E-state index contributed by atoms with van der Waals surface area (Å²) in [6.45, 7) is 5.72. The van der Waals surface area contributed by atoms with Crippen LogP contribution in [-0.2, 0) is 6.54 Å². The molecular formula is C19H25N3O. The first-order valence-electron chi connectivity index (χ1n) is 8.85. The van der Waals surface area contributed by atoms with Gasteiger partial charge in [-0.3, -0.25) is 9.80 Å². The third-order valence-electron chi connectivity index (χ3n) is 5.11. The lowest BCUT2D eigenvalue weighted by molar-refractivity contribution is 0.104. The Hall–Kier alpha value is -1.65. The summed E-state index contributed by atoms with van der Waals surface area (Å²) in [5.74, 6) is 1.71. The molecule has 122 valence electrons. The first-order valence-corrected chi connectivity index (χ1v) is 8.85. The standard InChI is InChI=1S/C19H25N3O/c1-2-7-16(8-3-1)18-13-20-19(23-18)15-21-10-6-9-17(14-21)22-11-4-5-12-22/h1-3,7-8,13,17H,4-6,9-12,14-15H2/t17-/m0/s1. The monoisotopic (exact) mass is 311 g/mol. The molecule has 4 rings (SSSR count). The van der Waals surface area contributed by atoms with Gasteiger partial charge in [0.1, 0.15) is 0 Å². The fraction of sp³-hybridized carbons (Fsp3) is 0.526. The predicted molar refractivity (Wildman–Crippen MR) is 91.0 cm³/mol. The van der Waals surface area contributed by atoms with Crippen molar-refractivity contribution in [1.29, 1.82) is 0 Å². The Bertz CT molecular complexity index is 619. The van der Waals surface area contributed by atoms with Crippen LogP contribution in [-0.4, -0.2) is 47.0 Å². The number of oxazole rings is 1. The van der Waals surface area contributed by atoms with E-state index in [9.17, 15) is 0 Å². The lowest BCUT2D eigenvalue weighted by atomic mass is 10.0. The molecule has 2 fully saturated rings. The maximum atomic E-state index is 5.97. The lowest BCUT2D eigenvalue weighted by Crippen LogP contribution is -2.46. The van der Waals surface area contributed by atoms with Crippen LogP contribution in [0.5, 0.6) is 0 Å². The Morgan fingerprint density at radius 2 is 1.87 bits per heavy atom. The van der Waals surface area contributed by atoms with Gasteiger partial charge in [0.25, 0.3) is 0 Å². The zero-order valence-corrected chi connectivity index (χ0v) is 13.7. The molecular weight excluding hydrogens is 286 g/mol. The summed E-state index contributed by atoms with van der Waals surface area (Å²) in [5.41, 5.74) is 1.10. The largest absolute Gasteiger partial charge is 0.439 e. The second kappa shape index (κ2) is 6.85. The lowest BCUT2D eigenvalue weighted by Gasteiger charge is -2.37. The number of piperidine rings is 1. The van der Waals surface area contributed by atoms with Gasteiger partial charge in [-0.1, -0.05) is 30.3 Å². The highest BCUT2D eigenvalue weighted by Gasteiger charge is 2.27. The third kappa shape index (κ3) is 3.48. The minimum Gasteiger partial charge on any atom is -0.439 e. The Morgan fingerprint density at radius 1 is 1.04 bits per heavy atom. The van der Waals surface area contributed by atoms with Crippen LogP contribution >= 0.6 is 0 Å². The van der Waals surface area contributed by atoms with E-state index in [0.717, 1.165) is 42.9 Å². The molecule has 0 aliphatic carbocycles. The summed E-state index contributed by atoms with van der Waals surface area (Å²) >= 11 is 0. The van der Waals surface area contributed by atoms with Gasteiger partial charge in [-0.2, -0.15) is 0 Å². The summed E-state index contributed by atoms with van der Waals surface area (Å²) in [5, 5.41) is 0. The maximum Gasteiger partial charge on any atom is 0.209 e. The molecule has 4 nitrogen and oxygen atoms in total. The molecule has 0 radical (unpaired) electrons. The first-order chi connectivity index (χ1) is 11.4. The van der Waals surface area contributed by atoms with Crippen LogP contribution in [0.25, 0.3) is 11.3 Å². The van der Waals surface area contributed by atoms with E-state index in [2.05, 4.69) is 26.9 Å². The number of hydrogen-bond acceptors (Lipinski definition) is 4. The highest BCUT2D eigenvalue weighted by molar-refractivity contribution is 5.55. The molecule has 2 aromatic rings. The van der Waals surface area contributed by atoms with E-state index in [0.29, 0.717) is 0 Å². The number of nitrogens with zero attached hydrogens (tertiary/aromatic N) is 3. The summed E-state index contributed by atoms with van der Waals surface area (Å²) in [6.07, 6.45) is 7.23. The zero-order chi connectivity index (χ0) is 15.5. The highest BCUT2D eigenvalue weighted by Crippen LogP contribution is 2.23. The topological polar surface area (TPSA) is 32.5 Å². The molecule has 23 heavy (non-hydrogen) atoms. The summed E-state index contributed by atoms with van der Waals surface area (Å²) < 4.78 is 5.97. The van der Waals surface area contributed by atoms with Crippen molar-refractivity contribution in [2.24, 2.45) is 0 Å². The van der Waals surface area contributed by atoms with Crippen LogP contribution in [0.4, 0.5) is 0 Å². The number of rotatable bonds is 4. The molecule has 3 heterocycles. The van der Waals surface area contributed by atoms with Crippen LogP contribution in [0.3, 0.4) is 0 Å². The van der Waals surface area contributed by atoms with Gasteiger partial charge < -0.3 is 4.42 Å². The normalized spacial score (nSPS) is 23.4. The SMILES string of the molecule is c1ccc(-c2cnc(CN3CCC[C@H](N4CCCC4)C3)o2)cc1. The Labute approximate surface area is 138 Å². The Balaban J connectivity index is 1.39. The van der Waals surface area contributed by atoms with Crippen molar-refractivity contribution in [3.8, 4) is 11.3 Å². The average Bonchev–Trinajstić information content (AvgIpc) is 3.28. The third-order valence-corrected chi connectivity index (χ3v) is 5.11. The number of likely N-dealkylation sites (tertiary alicyclic amines) is 2. The van der Waals surface area contributed by atoms with Crippen LogP contribution in [0.2, 0.25) is 0 Å². The second-order valence-corrected chi connectivity index (χ2v) is 6.76. The van der Waals surface area contributed by atoms with Gasteiger partial charge in [0.15, 0.2) is 5.76 Å². The van der Waals surface area contributed by atoms with Gasteiger partial charge in [-0.25, -0.2) is 4.98 Å². The minimum absolute atomic E-state index is 0.731. The van der Waals surface area contributed by atoms with Gasteiger partial charge in [0, 0.05) is 18.2 Å². The van der Waals surface area contributed by atoms with Gasteiger partial charge in [-0.15, -0.1) is 0 Å². The van der Waals surface area contributed by atoms with Crippen LogP contribution in [0.1, 0.15) is 31.6 Å².